The molecule has 0 bridgehead atoms. The van der Waals surface area contributed by atoms with Crippen LogP contribution in [0.25, 0.3) is 28.1 Å². The molecule has 2 saturated heterocycles. The molecule has 2 atom stereocenters. The van der Waals surface area contributed by atoms with Crippen LogP contribution in [-0.4, -0.2) is 58.8 Å². The van der Waals surface area contributed by atoms with Crippen molar-refractivity contribution in [1.82, 2.24) is 25.2 Å². The number of anilines is 1. The number of benzene rings is 1. The van der Waals surface area contributed by atoms with Gasteiger partial charge in [-0.3, -0.25) is 4.79 Å². The Balaban J connectivity index is 1.32. The van der Waals surface area contributed by atoms with Crippen LogP contribution in [0.4, 0.5) is 5.69 Å². The number of imidazole rings is 1. The Labute approximate surface area is 190 Å². The van der Waals surface area contributed by atoms with E-state index in [9.17, 15) is 4.79 Å². The van der Waals surface area contributed by atoms with Gasteiger partial charge in [0.2, 0.25) is 11.8 Å². The van der Waals surface area contributed by atoms with E-state index >= 15 is 0 Å². The van der Waals surface area contributed by atoms with Crippen molar-refractivity contribution >= 4 is 28.2 Å². The van der Waals surface area contributed by atoms with Crippen LogP contribution >= 0.6 is 0 Å². The van der Waals surface area contributed by atoms with Crippen molar-refractivity contribution in [2.24, 2.45) is 0 Å². The first-order chi connectivity index (χ1) is 16.2. The number of fused-ring (bicyclic) bond motifs is 2. The van der Waals surface area contributed by atoms with E-state index < -0.39 is 0 Å². The number of nitrogens with one attached hydrogen (secondary N) is 2. The third-order valence-electron chi connectivity index (χ3n) is 6.46. The zero-order valence-corrected chi connectivity index (χ0v) is 18.5. The lowest BCUT2D eigenvalue weighted by Crippen LogP contribution is -2.49. The third-order valence-corrected chi connectivity index (χ3v) is 6.46. The molecule has 9 heteroatoms. The second-order valence-electron chi connectivity index (χ2n) is 8.75. The summed E-state index contributed by atoms with van der Waals surface area (Å²) in [6.07, 6.45) is 3.10. The molecule has 2 aliphatic heterocycles. The summed E-state index contributed by atoms with van der Waals surface area (Å²) in [5.41, 5.74) is 3.50. The minimum absolute atomic E-state index is 0.0263. The van der Waals surface area contributed by atoms with Crippen molar-refractivity contribution in [3.8, 4) is 17.3 Å². The fourth-order valence-corrected chi connectivity index (χ4v) is 4.71. The molecule has 170 valence electrons. The zero-order chi connectivity index (χ0) is 22.4. The van der Waals surface area contributed by atoms with E-state index in [1.54, 1.807) is 16.8 Å². The van der Waals surface area contributed by atoms with Crippen molar-refractivity contribution in [2.75, 3.05) is 31.1 Å². The van der Waals surface area contributed by atoms with Crippen molar-refractivity contribution in [3.63, 3.8) is 0 Å². The Morgan fingerprint density at radius 1 is 1.27 bits per heavy atom. The molecule has 5 heterocycles. The highest BCUT2D eigenvalue weighted by atomic mass is 16.5. The highest BCUT2D eigenvalue weighted by Crippen LogP contribution is 2.35. The Morgan fingerprint density at radius 2 is 2.21 bits per heavy atom. The maximum absolute atomic E-state index is 11.4. The second kappa shape index (κ2) is 8.08. The van der Waals surface area contributed by atoms with Gasteiger partial charge in [0, 0.05) is 49.2 Å². The number of piperazine rings is 1. The van der Waals surface area contributed by atoms with Gasteiger partial charge >= 0.3 is 0 Å². The molecule has 2 aliphatic rings. The maximum Gasteiger partial charge on any atom is 0.231 e. The number of amides is 1. The van der Waals surface area contributed by atoms with Gasteiger partial charge in [-0.05, 0) is 37.6 Å². The van der Waals surface area contributed by atoms with Crippen LogP contribution in [0.1, 0.15) is 19.8 Å². The van der Waals surface area contributed by atoms with Crippen molar-refractivity contribution in [1.29, 1.82) is 0 Å². The van der Waals surface area contributed by atoms with E-state index in [0.29, 0.717) is 36.4 Å². The van der Waals surface area contributed by atoms with E-state index in [0.717, 1.165) is 42.7 Å². The zero-order valence-electron chi connectivity index (χ0n) is 18.5. The molecule has 33 heavy (non-hydrogen) atoms. The number of carbonyl (C=O) groups excluding carboxylic acids is 1. The molecule has 2 N–H and O–H groups in total. The average molecular weight is 447 g/mol. The van der Waals surface area contributed by atoms with E-state index in [1.165, 1.54) is 5.69 Å². The normalized spacial score (nSPS) is 21.1. The van der Waals surface area contributed by atoms with E-state index in [4.69, 9.17) is 9.15 Å². The van der Waals surface area contributed by atoms with Crippen LogP contribution in [0.5, 0.6) is 5.88 Å². The smallest absolute Gasteiger partial charge is 0.231 e. The van der Waals surface area contributed by atoms with E-state index in [1.807, 2.05) is 18.2 Å². The molecule has 6 rings (SSSR count). The molecule has 2 unspecified atom stereocenters. The van der Waals surface area contributed by atoms with Gasteiger partial charge in [0.15, 0.2) is 11.4 Å². The molecular formula is C24H26N6O3. The molecule has 4 aromatic rings. The highest BCUT2D eigenvalue weighted by Gasteiger charge is 2.23. The number of ether oxygens (including phenoxy) is 1. The molecule has 0 saturated carbocycles. The molecule has 1 amide bonds. The topological polar surface area (TPSA) is 96.9 Å². The summed E-state index contributed by atoms with van der Waals surface area (Å²) >= 11 is 0. The van der Waals surface area contributed by atoms with Gasteiger partial charge < -0.3 is 24.7 Å². The van der Waals surface area contributed by atoms with E-state index in [-0.39, 0.29) is 11.9 Å². The van der Waals surface area contributed by atoms with Gasteiger partial charge in [0.25, 0.3) is 0 Å². The van der Waals surface area contributed by atoms with Crippen LogP contribution in [0.2, 0.25) is 0 Å². The summed E-state index contributed by atoms with van der Waals surface area (Å²) in [5.74, 6) is 1.26. The fraction of sp³-hybridized carbons (Fsp3) is 0.375. The van der Waals surface area contributed by atoms with Gasteiger partial charge in [0.1, 0.15) is 17.9 Å². The number of rotatable bonds is 5. The van der Waals surface area contributed by atoms with Gasteiger partial charge in [-0.25, -0.2) is 9.50 Å². The molecule has 0 radical (unpaired) electrons. The average Bonchev–Trinajstić information content (AvgIpc) is 3.55. The highest BCUT2D eigenvalue weighted by molar-refractivity contribution is 5.94. The number of hydrogen-bond donors (Lipinski definition) is 2. The number of furan rings is 1. The number of aromatic nitrogens is 3. The van der Waals surface area contributed by atoms with Gasteiger partial charge in [0.05, 0.1) is 12.2 Å². The third kappa shape index (κ3) is 3.68. The Kier molecular flexibility index (Phi) is 4.91. The lowest BCUT2D eigenvalue weighted by molar-refractivity contribution is -0.119. The summed E-state index contributed by atoms with van der Waals surface area (Å²) in [6.45, 7) is 5.52. The first kappa shape index (κ1) is 20.0. The first-order valence-corrected chi connectivity index (χ1v) is 11.4. The predicted molar refractivity (Wildman–Crippen MR) is 125 cm³/mol. The SMILES string of the molecule is CC1CNCCN1c1cccc2oc(-c3cnc4ccc(OCC5CCC(=O)N5)nn34)cc12. The van der Waals surface area contributed by atoms with E-state index in [2.05, 4.69) is 44.7 Å². The van der Waals surface area contributed by atoms with Crippen LogP contribution < -0.4 is 20.3 Å². The minimum Gasteiger partial charge on any atom is -0.474 e. The van der Waals surface area contributed by atoms with Crippen molar-refractivity contribution in [2.45, 2.75) is 31.8 Å². The van der Waals surface area contributed by atoms with Gasteiger partial charge in [-0.2, -0.15) is 0 Å². The molecule has 3 aromatic heterocycles. The number of nitrogens with zero attached hydrogens (tertiary/aromatic N) is 4. The first-order valence-electron chi connectivity index (χ1n) is 11.4. The lowest BCUT2D eigenvalue weighted by atomic mass is 10.1. The van der Waals surface area contributed by atoms with Crippen LogP contribution in [-0.2, 0) is 4.79 Å². The Bertz CT molecular complexity index is 1330. The van der Waals surface area contributed by atoms with Gasteiger partial charge in [-0.15, -0.1) is 5.10 Å². The number of hydrogen-bond acceptors (Lipinski definition) is 7. The molecule has 0 aliphatic carbocycles. The lowest BCUT2D eigenvalue weighted by Gasteiger charge is -2.36. The Morgan fingerprint density at radius 3 is 3.06 bits per heavy atom. The fourth-order valence-electron chi connectivity index (χ4n) is 4.71. The molecule has 0 spiro atoms. The summed E-state index contributed by atoms with van der Waals surface area (Å²) in [4.78, 5) is 18.3. The quantitative estimate of drug-likeness (QED) is 0.486. The second-order valence-corrected chi connectivity index (χ2v) is 8.75. The Hall–Kier alpha value is -3.59. The van der Waals surface area contributed by atoms with Crippen molar-refractivity contribution in [3.05, 3.63) is 42.6 Å². The molecule has 2 fully saturated rings. The van der Waals surface area contributed by atoms with Gasteiger partial charge in [-0.1, -0.05) is 6.07 Å². The molecular weight excluding hydrogens is 420 g/mol. The summed E-state index contributed by atoms with van der Waals surface area (Å²) in [5, 5.41) is 12.1. The predicted octanol–water partition coefficient (Wildman–Crippen LogP) is 2.60. The largest absolute Gasteiger partial charge is 0.474 e. The number of carbonyl (C=O) groups is 1. The maximum atomic E-state index is 11.4. The standard InChI is InChI=1S/C24H26N6O3/c1-15-12-25-9-10-29(15)18-3-2-4-20-17(18)11-21(33-20)19-13-26-22-6-8-24(28-30(19)22)32-14-16-5-7-23(31)27-16/h2-4,6,8,11,13,15-16,25H,5,7,9-10,12,14H2,1H3,(H,27,31). The van der Waals surface area contributed by atoms with Crippen molar-refractivity contribution < 1.29 is 13.9 Å². The van der Waals surface area contributed by atoms with Crippen LogP contribution in [0.3, 0.4) is 0 Å². The molecule has 1 aromatic carbocycles. The summed E-state index contributed by atoms with van der Waals surface area (Å²) in [6, 6.07) is 12.4. The monoisotopic (exact) mass is 446 g/mol. The molecule has 9 nitrogen and oxygen atoms in total. The van der Waals surface area contributed by atoms with Crippen LogP contribution in [0, 0.1) is 0 Å². The minimum atomic E-state index is 0.0263. The summed E-state index contributed by atoms with van der Waals surface area (Å²) < 4.78 is 13.9. The van der Waals surface area contributed by atoms with Crippen LogP contribution in [0.15, 0.2) is 47.0 Å². The summed E-state index contributed by atoms with van der Waals surface area (Å²) in [7, 11) is 0.